The zero-order chi connectivity index (χ0) is 18.4. The van der Waals surface area contributed by atoms with Crippen LogP contribution in [0, 0.1) is 6.92 Å². The lowest BCUT2D eigenvalue weighted by Gasteiger charge is -2.11. The second kappa shape index (κ2) is 9.12. The summed E-state index contributed by atoms with van der Waals surface area (Å²) < 4.78 is 11.6. The number of hydrogen-bond acceptors (Lipinski definition) is 4. The van der Waals surface area contributed by atoms with Crippen LogP contribution in [0.15, 0.2) is 45.3 Å². The fourth-order valence-electron chi connectivity index (χ4n) is 2.16. The maximum Gasteiger partial charge on any atom is 0.338 e. The van der Waals surface area contributed by atoms with Crippen LogP contribution in [0.4, 0.5) is 5.69 Å². The molecule has 2 aromatic rings. The largest absolute Gasteiger partial charge is 0.452 e. The molecular weight excluding hydrogens is 454 g/mol. The highest BCUT2D eigenvalue weighted by molar-refractivity contribution is 9.11. The lowest BCUT2D eigenvalue weighted by atomic mass is 10.1. The number of methoxy groups -OCH3 is 1. The number of benzene rings is 2. The van der Waals surface area contributed by atoms with Crippen molar-refractivity contribution in [2.75, 3.05) is 19.0 Å². The van der Waals surface area contributed by atoms with E-state index in [2.05, 4.69) is 37.2 Å². The zero-order valence-electron chi connectivity index (χ0n) is 13.8. The molecule has 0 fully saturated rings. The van der Waals surface area contributed by atoms with E-state index in [4.69, 9.17) is 9.47 Å². The average Bonchev–Trinajstić information content (AvgIpc) is 2.56. The highest BCUT2D eigenvalue weighted by Gasteiger charge is 2.14. The third kappa shape index (κ3) is 5.66. The summed E-state index contributed by atoms with van der Waals surface area (Å²) in [6.45, 7) is 1.97. The van der Waals surface area contributed by atoms with E-state index in [9.17, 15) is 9.59 Å². The van der Waals surface area contributed by atoms with Gasteiger partial charge in [-0.15, -0.1) is 0 Å². The molecule has 0 radical (unpaired) electrons. The number of aryl methyl sites for hydroxylation is 1. The highest BCUT2D eigenvalue weighted by Crippen LogP contribution is 2.32. The maximum absolute atomic E-state index is 12.1. The van der Waals surface area contributed by atoms with Gasteiger partial charge in [-0.2, -0.15) is 0 Å². The van der Waals surface area contributed by atoms with Gasteiger partial charge < -0.3 is 14.8 Å². The van der Waals surface area contributed by atoms with Gasteiger partial charge in [0, 0.05) is 16.1 Å². The van der Waals surface area contributed by atoms with E-state index in [0.29, 0.717) is 17.9 Å². The molecule has 0 spiro atoms. The van der Waals surface area contributed by atoms with Crippen LogP contribution in [-0.4, -0.2) is 25.6 Å². The highest BCUT2D eigenvalue weighted by atomic mass is 79.9. The number of halogens is 2. The quantitative estimate of drug-likeness (QED) is 0.633. The topological polar surface area (TPSA) is 64.6 Å². The summed E-state index contributed by atoms with van der Waals surface area (Å²) in [5.74, 6) is -0.984. The zero-order valence-corrected chi connectivity index (χ0v) is 16.9. The average molecular weight is 471 g/mol. The van der Waals surface area contributed by atoms with Crippen LogP contribution in [0.3, 0.4) is 0 Å². The van der Waals surface area contributed by atoms with E-state index in [1.165, 1.54) is 0 Å². The van der Waals surface area contributed by atoms with Gasteiger partial charge in [0.2, 0.25) is 0 Å². The number of esters is 1. The Morgan fingerprint density at radius 3 is 2.44 bits per heavy atom. The van der Waals surface area contributed by atoms with Crippen molar-refractivity contribution in [1.82, 2.24) is 0 Å². The lowest BCUT2D eigenvalue weighted by molar-refractivity contribution is -0.119. The molecular formula is C18H17Br2NO4. The van der Waals surface area contributed by atoms with Gasteiger partial charge in [-0.05, 0) is 74.2 Å². The molecule has 1 amide bonds. The Kier molecular flexibility index (Phi) is 7.16. The molecule has 5 nitrogen and oxygen atoms in total. The molecule has 0 saturated heterocycles. The fraction of sp³-hybridized carbons (Fsp3) is 0.222. The number of ether oxygens (including phenoxy) is 2. The predicted molar refractivity (Wildman–Crippen MR) is 103 cm³/mol. The normalized spacial score (nSPS) is 10.4. The van der Waals surface area contributed by atoms with Crippen LogP contribution in [0.2, 0.25) is 0 Å². The number of amides is 1. The first-order valence-corrected chi connectivity index (χ1v) is 9.00. The Morgan fingerprint density at radius 1 is 1.12 bits per heavy atom. The first-order valence-electron chi connectivity index (χ1n) is 7.41. The number of nitrogens with one attached hydrogen (secondary N) is 1. The first-order chi connectivity index (χ1) is 11.9. The number of rotatable bonds is 6. The standard InChI is InChI=1S/C18H17Br2NO4/c1-11-6-14(19)17(15(20)7-11)21-16(22)10-25-18(23)13-5-3-4-12(8-13)9-24-2/h3-8H,9-10H2,1-2H3,(H,21,22). The van der Waals surface area contributed by atoms with E-state index in [1.807, 2.05) is 25.1 Å². The molecule has 0 heterocycles. The van der Waals surface area contributed by atoms with Crippen molar-refractivity contribution in [3.63, 3.8) is 0 Å². The third-order valence-electron chi connectivity index (χ3n) is 3.26. The summed E-state index contributed by atoms with van der Waals surface area (Å²) in [5.41, 5.74) is 2.86. The van der Waals surface area contributed by atoms with E-state index in [-0.39, 0.29) is 6.61 Å². The summed E-state index contributed by atoms with van der Waals surface area (Å²) in [6.07, 6.45) is 0. The third-order valence-corrected chi connectivity index (χ3v) is 4.51. The Balaban J connectivity index is 1.96. The molecule has 0 saturated carbocycles. The maximum atomic E-state index is 12.1. The molecule has 1 N–H and O–H groups in total. The van der Waals surface area contributed by atoms with Crippen molar-refractivity contribution in [3.8, 4) is 0 Å². The van der Waals surface area contributed by atoms with Gasteiger partial charge in [-0.3, -0.25) is 4.79 Å². The van der Waals surface area contributed by atoms with Crippen molar-refractivity contribution >= 4 is 49.4 Å². The molecule has 0 bridgehead atoms. The molecule has 2 rings (SSSR count). The van der Waals surface area contributed by atoms with Gasteiger partial charge in [-0.25, -0.2) is 4.79 Å². The second-order valence-electron chi connectivity index (χ2n) is 5.36. The van der Waals surface area contributed by atoms with E-state index in [0.717, 1.165) is 20.1 Å². The van der Waals surface area contributed by atoms with Gasteiger partial charge in [0.1, 0.15) is 0 Å². The molecule has 0 aromatic heterocycles. The van der Waals surface area contributed by atoms with Gasteiger partial charge in [0.05, 0.1) is 17.9 Å². The molecule has 0 aliphatic carbocycles. The summed E-state index contributed by atoms with van der Waals surface area (Å²) in [6, 6.07) is 10.7. The van der Waals surface area contributed by atoms with Gasteiger partial charge in [-0.1, -0.05) is 12.1 Å². The first kappa shape index (κ1) is 19.6. The van der Waals surface area contributed by atoms with Crippen LogP contribution in [0.25, 0.3) is 0 Å². The van der Waals surface area contributed by atoms with Crippen molar-refractivity contribution in [3.05, 3.63) is 62.0 Å². The minimum absolute atomic E-state index is 0.375. The minimum Gasteiger partial charge on any atom is -0.452 e. The molecule has 0 aliphatic rings. The number of anilines is 1. The van der Waals surface area contributed by atoms with Crippen LogP contribution in [0.1, 0.15) is 21.5 Å². The van der Waals surface area contributed by atoms with E-state index >= 15 is 0 Å². The molecule has 7 heteroatoms. The molecule has 0 unspecified atom stereocenters. The summed E-state index contributed by atoms with van der Waals surface area (Å²) in [4.78, 5) is 24.1. The molecule has 0 aliphatic heterocycles. The molecule has 25 heavy (non-hydrogen) atoms. The van der Waals surface area contributed by atoms with E-state index < -0.39 is 11.9 Å². The second-order valence-corrected chi connectivity index (χ2v) is 7.07. The number of carbonyl (C=O) groups is 2. The summed E-state index contributed by atoms with van der Waals surface area (Å²) in [7, 11) is 1.58. The smallest absolute Gasteiger partial charge is 0.338 e. The monoisotopic (exact) mass is 469 g/mol. The van der Waals surface area contributed by atoms with E-state index in [1.54, 1.807) is 25.3 Å². The Bertz CT molecular complexity index is 769. The number of carbonyl (C=O) groups excluding carboxylic acids is 2. The molecule has 0 atom stereocenters. The van der Waals surface area contributed by atoms with Crippen LogP contribution in [0.5, 0.6) is 0 Å². The van der Waals surface area contributed by atoms with Crippen LogP contribution < -0.4 is 5.32 Å². The van der Waals surface area contributed by atoms with Crippen molar-refractivity contribution < 1.29 is 19.1 Å². The van der Waals surface area contributed by atoms with Crippen molar-refractivity contribution in [1.29, 1.82) is 0 Å². The summed E-state index contributed by atoms with van der Waals surface area (Å²) in [5, 5.41) is 2.71. The fourth-order valence-corrected chi connectivity index (χ4v) is 3.78. The van der Waals surface area contributed by atoms with Crippen LogP contribution in [-0.2, 0) is 20.9 Å². The van der Waals surface area contributed by atoms with Gasteiger partial charge in [0.25, 0.3) is 5.91 Å². The minimum atomic E-state index is -0.560. The molecule has 2 aromatic carbocycles. The number of hydrogen-bond donors (Lipinski definition) is 1. The Labute approximate surface area is 163 Å². The van der Waals surface area contributed by atoms with Gasteiger partial charge in [0.15, 0.2) is 6.61 Å². The van der Waals surface area contributed by atoms with Crippen molar-refractivity contribution in [2.24, 2.45) is 0 Å². The Morgan fingerprint density at radius 2 is 1.80 bits per heavy atom. The Hall–Kier alpha value is -1.70. The lowest BCUT2D eigenvalue weighted by Crippen LogP contribution is -2.21. The van der Waals surface area contributed by atoms with Crippen molar-refractivity contribution in [2.45, 2.75) is 13.5 Å². The van der Waals surface area contributed by atoms with Crippen LogP contribution >= 0.6 is 31.9 Å². The molecule has 132 valence electrons. The SMILES string of the molecule is COCc1cccc(C(=O)OCC(=O)Nc2c(Br)cc(C)cc2Br)c1. The predicted octanol–water partition coefficient (Wildman–Crippen LogP) is 4.46. The van der Waals surface area contributed by atoms with Gasteiger partial charge >= 0.3 is 5.97 Å². The summed E-state index contributed by atoms with van der Waals surface area (Å²) >= 11 is 6.80.